The molecule has 162 valence electrons. The summed E-state index contributed by atoms with van der Waals surface area (Å²) < 4.78 is 27.6. The number of aromatic nitrogens is 3. The summed E-state index contributed by atoms with van der Waals surface area (Å²) in [6.07, 6.45) is 3.83. The van der Waals surface area contributed by atoms with Crippen LogP contribution in [0.15, 0.2) is 59.5 Å². The van der Waals surface area contributed by atoms with Crippen LogP contribution in [0.5, 0.6) is 0 Å². The van der Waals surface area contributed by atoms with Crippen molar-refractivity contribution in [3.63, 3.8) is 0 Å². The van der Waals surface area contributed by atoms with Gasteiger partial charge in [-0.2, -0.15) is 14.2 Å². The van der Waals surface area contributed by atoms with Gasteiger partial charge in [0.15, 0.2) is 5.69 Å². The second-order valence-electron chi connectivity index (χ2n) is 7.56. The minimum Gasteiger partial charge on any atom is -0.320 e. The molecule has 1 aliphatic rings. The minimum absolute atomic E-state index is 0.178. The topological polar surface area (TPSA) is 97.2 Å². The van der Waals surface area contributed by atoms with Gasteiger partial charge >= 0.3 is 0 Å². The van der Waals surface area contributed by atoms with Crippen LogP contribution >= 0.6 is 0 Å². The molecule has 1 aliphatic heterocycles. The van der Waals surface area contributed by atoms with Crippen molar-refractivity contribution in [2.24, 2.45) is 0 Å². The van der Waals surface area contributed by atoms with E-state index in [1.807, 2.05) is 30.3 Å². The molecule has 0 atom stereocenters. The number of nitrogens with one attached hydrogen (secondary N) is 1. The number of amides is 1. The zero-order valence-corrected chi connectivity index (χ0v) is 18.2. The fourth-order valence-electron chi connectivity index (χ4n) is 3.62. The third kappa shape index (κ3) is 4.67. The number of nitrogens with zero attached hydrogens (tertiary/aromatic N) is 4. The molecule has 2 heterocycles. The highest BCUT2D eigenvalue weighted by Gasteiger charge is 2.25. The van der Waals surface area contributed by atoms with Gasteiger partial charge in [0.1, 0.15) is 0 Å². The summed E-state index contributed by atoms with van der Waals surface area (Å²) >= 11 is 0. The van der Waals surface area contributed by atoms with Gasteiger partial charge < -0.3 is 5.32 Å². The summed E-state index contributed by atoms with van der Waals surface area (Å²) in [5, 5.41) is 11.4. The highest BCUT2D eigenvalue weighted by Crippen LogP contribution is 2.23. The Morgan fingerprint density at radius 3 is 2.35 bits per heavy atom. The standard InChI is InChI=1S/C22H25N5O3S/c1-17-21(25-27(24-17)19-11-5-4-6-12-19)22(28)23-18-10-9-13-20(16-18)31(29,30)26-14-7-2-3-8-15-26/h4-6,9-13,16H,2-3,7-8,14-15H2,1H3,(H,23,28). The smallest absolute Gasteiger partial charge is 0.278 e. The molecule has 0 spiro atoms. The lowest BCUT2D eigenvalue weighted by Gasteiger charge is -2.20. The largest absolute Gasteiger partial charge is 0.320 e. The third-order valence-electron chi connectivity index (χ3n) is 5.28. The van der Waals surface area contributed by atoms with Gasteiger partial charge in [-0.3, -0.25) is 4.79 Å². The van der Waals surface area contributed by atoms with Gasteiger partial charge in [0, 0.05) is 18.8 Å². The van der Waals surface area contributed by atoms with Crippen LogP contribution in [0.25, 0.3) is 5.69 Å². The molecule has 0 bridgehead atoms. The minimum atomic E-state index is -3.60. The second-order valence-corrected chi connectivity index (χ2v) is 9.50. The molecule has 9 heteroatoms. The number of aryl methyl sites for hydroxylation is 1. The van der Waals surface area contributed by atoms with Gasteiger partial charge in [0.25, 0.3) is 5.91 Å². The SMILES string of the molecule is Cc1nn(-c2ccccc2)nc1C(=O)Nc1cccc(S(=O)(=O)N2CCCCCC2)c1. The molecule has 4 rings (SSSR count). The van der Waals surface area contributed by atoms with E-state index in [9.17, 15) is 13.2 Å². The van der Waals surface area contributed by atoms with E-state index in [1.165, 1.54) is 15.2 Å². The van der Waals surface area contributed by atoms with Crippen LogP contribution < -0.4 is 5.32 Å². The molecule has 0 saturated carbocycles. The van der Waals surface area contributed by atoms with Crippen LogP contribution in [0.4, 0.5) is 5.69 Å². The van der Waals surface area contributed by atoms with Gasteiger partial charge in [0.2, 0.25) is 10.0 Å². The number of anilines is 1. The van der Waals surface area contributed by atoms with E-state index in [-0.39, 0.29) is 10.6 Å². The Bertz CT molecular complexity index is 1170. The van der Waals surface area contributed by atoms with E-state index in [4.69, 9.17) is 0 Å². The number of para-hydroxylation sites is 1. The highest BCUT2D eigenvalue weighted by atomic mass is 32.2. The third-order valence-corrected chi connectivity index (χ3v) is 7.17. The molecule has 1 amide bonds. The van der Waals surface area contributed by atoms with E-state index in [0.717, 1.165) is 31.4 Å². The van der Waals surface area contributed by atoms with E-state index in [2.05, 4.69) is 15.5 Å². The monoisotopic (exact) mass is 439 g/mol. The predicted octanol–water partition coefficient (Wildman–Crippen LogP) is 3.39. The van der Waals surface area contributed by atoms with Gasteiger partial charge in [0.05, 0.1) is 16.3 Å². The summed E-state index contributed by atoms with van der Waals surface area (Å²) in [6.45, 7) is 2.77. The Morgan fingerprint density at radius 2 is 1.65 bits per heavy atom. The Hall–Kier alpha value is -3.04. The summed E-state index contributed by atoms with van der Waals surface area (Å²) in [6, 6.07) is 15.7. The molecule has 0 radical (unpaired) electrons. The van der Waals surface area contributed by atoms with Crippen molar-refractivity contribution in [2.75, 3.05) is 18.4 Å². The van der Waals surface area contributed by atoms with E-state index < -0.39 is 15.9 Å². The molecule has 1 fully saturated rings. The predicted molar refractivity (Wildman–Crippen MR) is 118 cm³/mol. The van der Waals surface area contributed by atoms with Crippen molar-refractivity contribution in [1.29, 1.82) is 0 Å². The molecule has 2 aromatic carbocycles. The summed E-state index contributed by atoms with van der Waals surface area (Å²) in [7, 11) is -3.60. The average Bonchev–Trinajstić information content (AvgIpc) is 2.98. The fourth-order valence-corrected chi connectivity index (χ4v) is 5.18. The van der Waals surface area contributed by atoms with E-state index in [1.54, 1.807) is 25.1 Å². The lowest BCUT2D eigenvalue weighted by atomic mass is 10.2. The van der Waals surface area contributed by atoms with Crippen LogP contribution in [0.1, 0.15) is 41.9 Å². The summed E-state index contributed by atoms with van der Waals surface area (Å²) in [4.78, 5) is 14.4. The Kier molecular flexibility index (Phi) is 6.15. The van der Waals surface area contributed by atoms with Gasteiger partial charge in [-0.15, -0.1) is 5.10 Å². The van der Waals surface area contributed by atoms with Gasteiger partial charge in [-0.25, -0.2) is 8.42 Å². The lowest BCUT2D eigenvalue weighted by Crippen LogP contribution is -2.32. The van der Waals surface area contributed by atoms with Crippen molar-refractivity contribution in [3.8, 4) is 5.69 Å². The number of hydrogen-bond acceptors (Lipinski definition) is 5. The number of carbonyl (C=O) groups excluding carboxylic acids is 1. The maximum absolute atomic E-state index is 13.0. The van der Waals surface area contributed by atoms with E-state index >= 15 is 0 Å². The molecular weight excluding hydrogens is 414 g/mol. The summed E-state index contributed by atoms with van der Waals surface area (Å²) in [5.41, 5.74) is 1.81. The molecule has 8 nitrogen and oxygen atoms in total. The first-order chi connectivity index (χ1) is 14.9. The first-order valence-corrected chi connectivity index (χ1v) is 11.8. The molecule has 31 heavy (non-hydrogen) atoms. The Morgan fingerprint density at radius 1 is 0.935 bits per heavy atom. The number of carbonyl (C=O) groups is 1. The normalized spacial score (nSPS) is 15.4. The zero-order chi connectivity index (χ0) is 21.8. The van der Waals surface area contributed by atoms with Crippen molar-refractivity contribution in [1.82, 2.24) is 19.3 Å². The lowest BCUT2D eigenvalue weighted by molar-refractivity contribution is 0.102. The fraction of sp³-hybridized carbons (Fsp3) is 0.318. The molecule has 0 aliphatic carbocycles. The van der Waals surface area contributed by atoms with Gasteiger partial charge in [-0.1, -0.05) is 37.1 Å². The van der Waals surface area contributed by atoms with Crippen molar-refractivity contribution in [2.45, 2.75) is 37.5 Å². The van der Waals surface area contributed by atoms with Gasteiger partial charge in [-0.05, 0) is 50.1 Å². The number of benzene rings is 2. The maximum atomic E-state index is 13.0. The van der Waals surface area contributed by atoms with Crippen molar-refractivity contribution >= 4 is 21.6 Å². The van der Waals surface area contributed by atoms with Crippen molar-refractivity contribution in [3.05, 3.63) is 66.0 Å². The van der Waals surface area contributed by atoms with Crippen LogP contribution in [-0.4, -0.2) is 46.7 Å². The molecule has 3 aromatic rings. The van der Waals surface area contributed by atoms with Crippen LogP contribution in [0.3, 0.4) is 0 Å². The van der Waals surface area contributed by atoms with Crippen molar-refractivity contribution < 1.29 is 13.2 Å². The zero-order valence-electron chi connectivity index (χ0n) is 17.4. The highest BCUT2D eigenvalue weighted by molar-refractivity contribution is 7.89. The average molecular weight is 440 g/mol. The first kappa shape index (κ1) is 21.2. The van der Waals surface area contributed by atoms with E-state index in [0.29, 0.717) is 24.5 Å². The molecule has 1 N–H and O–H groups in total. The van der Waals surface area contributed by atoms with Crippen LogP contribution in [-0.2, 0) is 10.0 Å². The Balaban J connectivity index is 1.54. The quantitative estimate of drug-likeness (QED) is 0.657. The van der Waals surface area contributed by atoms with Crippen LogP contribution in [0, 0.1) is 6.92 Å². The second kappa shape index (κ2) is 8.99. The molecular formula is C22H25N5O3S. The Labute approximate surface area is 181 Å². The molecule has 0 unspecified atom stereocenters. The maximum Gasteiger partial charge on any atom is 0.278 e. The molecule has 1 saturated heterocycles. The number of rotatable bonds is 5. The van der Waals surface area contributed by atoms with Crippen LogP contribution in [0.2, 0.25) is 0 Å². The molecule has 1 aromatic heterocycles. The number of sulfonamides is 1. The summed E-state index contributed by atoms with van der Waals surface area (Å²) in [5.74, 6) is -0.441. The number of hydrogen-bond donors (Lipinski definition) is 1. The first-order valence-electron chi connectivity index (χ1n) is 10.4.